The second kappa shape index (κ2) is 3.27. The summed E-state index contributed by atoms with van der Waals surface area (Å²) in [7, 11) is 1.84. The standard InChI is InChI=1S/C6H8N2O.ClH/c1-8-3-2-5(4-8)6(7)9;/h2-4H,1H3,(H2,7,9);1H. The number of carbonyl (C=O) groups excluding carboxylic acids is 1. The van der Waals surface area contributed by atoms with E-state index in [1.54, 1.807) is 23.0 Å². The highest BCUT2D eigenvalue weighted by atomic mass is 35.5. The molecule has 0 saturated heterocycles. The van der Waals surface area contributed by atoms with Crippen LogP contribution in [-0.4, -0.2) is 10.5 Å². The van der Waals surface area contributed by atoms with Gasteiger partial charge in [0.05, 0.1) is 5.56 Å². The van der Waals surface area contributed by atoms with E-state index in [2.05, 4.69) is 0 Å². The van der Waals surface area contributed by atoms with Gasteiger partial charge in [0.25, 0.3) is 0 Å². The van der Waals surface area contributed by atoms with Gasteiger partial charge in [-0.1, -0.05) is 0 Å². The molecule has 1 amide bonds. The maximum atomic E-state index is 10.4. The van der Waals surface area contributed by atoms with Crippen LogP contribution in [0.2, 0.25) is 0 Å². The Hall–Kier alpha value is -0.960. The van der Waals surface area contributed by atoms with Crippen LogP contribution in [0.25, 0.3) is 0 Å². The third-order valence-corrected chi connectivity index (χ3v) is 1.12. The van der Waals surface area contributed by atoms with Gasteiger partial charge in [-0.3, -0.25) is 4.79 Å². The SMILES string of the molecule is Cl.Cn1ccc(C(N)=O)c1. The molecule has 3 nitrogen and oxygen atoms in total. The summed E-state index contributed by atoms with van der Waals surface area (Å²) in [5.74, 6) is -0.379. The molecule has 0 aliphatic heterocycles. The summed E-state index contributed by atoms with van der Waals surface area (Å²) in [6.45, 7) is 0. The normalized spacial score (nSPS) is 8.50. The molecule has 1 rings (SSSR count). The summed E-state index contributed by atoms with van der Waals surface area (Å²) in [5.41, 5.74) is 5.53. The van der Waals surface area contributed by atoms with Crippen LogP contribution in [0.5, 0.6) is 0 Å². The molecule has 56 valence electrons. The van der Waals surface area contributed by atoms with Crippen molar-refractivity contribution >= 4 is 18.3 Å². The lowest BCUT2D eigenvalue weighted by molar-refractivity contribution is 0.100. The first kappa shape index (κ1) is 9.04. The third kappa shape index (κ3) is 1.77. The molecule has 2 N–H and O–H groups in total. The van der Waals surface area contributed by atoms with E-state index in [1.807, 2.05) is 7.05 Å². The van der Waals surface area contributed by atoms with Gasteiger partial charge in [-0.05, 0) is 6.07 Å². The van der Waals surface area contributed by atoms with Gasteiger partial charge in [-0.25, -0.2) is 0 Å². The number of carbonyl (C=O) groups is 1. The number of aryl methyl sites for hydroxylation is 1. The fourth-order valence-electron chi connectivity index (χ4n) is 0.649. The molecule has 0 saturated carbocycles. The van der Waals surface area contributed by atoms with Gasteiger partial charge >= 0.3 is 0 Å². The third-order valence-electron chi connectivity index (χ3n) is 1.12. The van der Waals surface area contributed by atoms with Gasteiger partial charge < -0.3 is 10.3 Å². The fourth-order valence-corrected chi connectivity index (χ4v) is 0.649. The predicted molar refractivity (Wildman–Crippen MR) is 41.2 cm³/mol. The van der Waals surface area contributed by atoms with Crippen LogP contribution in [0.3, 0.4) is 0 Å². The minimum atomic E-state index is -0.379. The molecule has 0 aliphatic rings. The molecule has 10 heavy (non-hydrogen) atoms. The lowest BCUT2D eigenvalue weighted by Gasteiger charge is -1.84. The van der Waals surface area contributed by atoms with Crippen molar-refractivity contribution in [3.63, 3.8) is 0 Å². The zero-order valence-corrected chi connectivity index (χ0v) is 6.39. The molecule has 4 heteroatoms. The minimum Gasteiger partial charge on any atom is -0.366 e. The van der Waals surface area contributed by atoms with E-state index >= 15 is 0 Å². The first-order valence-corrected chi connectivity index (χ1v) is 2.62. The van der Waals surface area contributed by atoms with Crippen molar-refractivity contribution in [1.29, 1.82) is 0 Å². The first-order valence-electron chi connectivity index (χ1n) is 2.62. The van der Waals surface area contributed by atoms with Gasteiger partial charge in [-0.2, -0.15) is 0 Å². The Labute approximate surface area is 65.2 Å². The van der Waals surface area contributed by atoms with Gasteiger partial charge in [0.1, 0.15) is 0 Å². The molecule has 1 heterocycles. The summed E-state index contributed by atoms with van der Waals surface area (Å²) >= 11 is 0. The number of aromatic nitrogens is 1. The maximum Gasteiger partial charge on any atom is 0.250 e. The molecule has 0 fully saturated rings. The number of rotatable bonds is 1. The Morgan fingerprint density at radius 2 is 2.30 bits per heavy atom. The van der Waals surface area contributed by atoms with E-state index < -0.39 is 0 Å². The summed E-state index contributed by atoms with van der Waals surface area (Å²) in [4.78, 5) is 10.4. The Balaban J connectivity index is 0.000000810. The minimum absolute atomic E-state index is 0. The average molecular weight is 161 g/mol. The fraction of sp³-hybridized carbons (Fsp3) is 0.167. The monoisotopic (exact) mass is 160 g/mol. The lowest BCUT2D eigenvalue weighted by atomic mass is 10.3. The van der Waals surface area contributed by atoms with Gasteiger partial charge in [0, 0.05) is 19.4 Å². The summed E-state index contributed by atoms with van der Waals surface area (Å²) in [6.07, 6.45) is 3.46. The number of nitrogens with zero attached hydrogens (tertiary/aromatic N) is 1. The van der Waals surface area contributed by atoms with E-state index in [9.17, 15) is 4.79 Å². The highest BCUT2D eigenvalue weighted by Crippen LogP contribution is 1.96. The Kier molecular flexibility index (Phi) is 2.96. The van der Waals surface area contributed by atoms with Crippen molar-refractivity contribution in [3.8, 4) is 0 Å². The highest BCUT2D eigenvalue weighted by molar-refractivity contribution is 5.92. The molecule has 0 aromatic carbocycles. The lowest BCUT2D eigenvalue weighted by Crippen LogP contribution is -2.09. The van der Waals surface area contributed by atoms with Gasteiger partial charge in [-0.15, -0.1) is 12.4 Å². The van der Waals surface area contributed by atoms with E-state index in [0.29, 0.717) is 5.56 Å². The molecule has 0 radical (unpaired) electrons. The van der Waals surface area contributed by atoms with Crippen LogP contribution < -0.4 is 5.73 Å². The molecular formula is C6H9ClN2O. The van der Waals surface area contributed by atoms with Crippen LogP contribution in [0.4, 0.5) is 0 Å². The first-order chi connectivity index (χ1) is 4.20. The molecule has 0 atom stereocenters. The zero-order chi connectivity index (χ0) is 6.85. The molecule has 0 unspecified atom stereocenters. The number of hydrogen-bond donors (Lipinski definition) is 1. The topological polar surface area (TPSA) is 48.0 Å². The number of halogens is 1. The number of nitrogens with two attached hydrogens (primary N) is 1. The zero-order valence-electron chi connectivity index (χ0n) is 5.57. The predicted octanol–water partition coefficient (Wildman–Crippen LogP) is 0.546. The smallest absolute Gasteiger partial charge is 0.250 e. The number of amides is 1. The second-order valence-electron chi connectivity index (χ2n) is 1.93. The van der Waals surface area contributed by atoms with E-state index in [4.69, 9.17) is 5.73 Å². The van der Waals surface area contributed by atoms with Crippen LogP contribution in [0.1, 0.15) is 10.4 Å². The van der Waals surface area contributed by atoms with Crippen LogP contribution in [0, 0.1) is 0 Å². The molecular weight excluding hydrogens is 152 g/mol. The highest BCUT2D eigenvalue weighted by Gasteiger charge is 1.98. The summed E-state index contributed by atoms with van der Waals surface area (Å²) in [6, 6.07) is 1.68. The average Bonchev–Trinajstić information content (AvgIpc) is 2.14. The van der Waals surface area contributed by atoms with Crippen molar-refractivity contribution in [2.75, 3.05) is 0 Å². The van der Waals surface area contributed by atoms with Crippen molar-refractivity contribution in [2.24, 2.45) is 12.8 Å². The van der Waals surface area contributed by atoms with Crippen molar-refractivity contribution in [1.82, 2.24) is 4.57 Å². The number of hydrogen-bond acceptors (Lipinski definition) is 1. The van der Waals surface area contributed by atoms with Crippen LogP contribution in [-0.2, 0) is 7.05 Å². The quantitative estimate of drug-likeness (QED) is 0.641. The molecule has 1 aromatic rings. The summed E-state index contributed by atoms with van der Waals surface area (Å²) < 4.78 is 1.78. The Morgan fingerprint density at radius 3 is 2.50 bits per heavy atom. The maximum absolute atomic E-state index is 10.4. The molecule has 0 aliphatic carbocycles. The molecule has 0 spiro atoms. The second-order valence-corrected chi connectivity index (χ2v) is 1.93. The van der Waals surface area contributed by atoms with Crippen molar-refractivity contribution in [2.45, 2.75) is 0 Å². The van der Waals surface area contributed by atoms with E-state index in [1.165, 1.54) is 0 Å². The van der Waals surface area contributed by atoms with E-state index in [-0.39, 0.29) is 18.3 Å². The van der Waals surface area contributed by atoms with Crippen molar-refractivity contribution < 1.29 is 4.79 Å². The Morgan fingerprint density at radius 1 is 1.70 bits per heavy atom. The van der Waals surface area contributed by atoms with Crippen molar-refractivity contribution in [3.05, 3.63) is 24.0 Å². The van der Waals surface area contributed by atoms with Gasteiger partial charge in [0.2, 0.25) is 5.91 Å². The molecule has 0 bridgehead atoms. The van der Waals surface area contributed by atoms with E-state index in [0.717, 1.165) is 0 Å². The molecule has 1 aromatic heterocycles. The largest absolute Gasteiger partial charge is 0.366 e. The van der Waals surface area contributed by atoms with Crippen LogP contribution >= 0.6 is 12.4 Å². The number of primary amides is 1. The Bertz CT molecular complexity index is 231. The summed E-state index contributed by atoms with van der Waals surface area (Å²) in [5, 5.41) is 0. The van der Waals surface area contributed by atoms with Gasteiger partial charge in [0.15, 0.2) is 0 Å². The van der Waals surface area contributed by atoms with Crippen LogP contribution in [0.15, 0.2) is 18.5 Å².